The van der Waals surface area contributed by atoms with Gasteiger partial charge in [0.25, 0.3) is 0 Å². The van der Waals surface area contributed by atoms with Gasteiger partial charge in [0.2, 0.25) is 0 Å². The summed E-state index contributed by atoms with van der Waals surface area (Å²) in [5, 5.41) is 19.9. The molecule has 1 fully saturated rings. The highest BCUT2D eigenvalue weighted by Gasteiger charge is 2.23. The van der Waals surface area contributed by atoms with E-state index in [1.54, 1.807) is 17.4 Å². The first kappa shape index (κ1) is 14.2. The zero-order chi connectivity index (χ0) is 13.7. The zero-order valence-electron chi connectivity index (χ0n) is 10.5. The average Bonchev–Trinajstić information content (AvgIpc) is 2.84. The molecular formula is C13H17NO4S. The minimum absolute atomic E-state index is 0.0205. The van der Waals surface area contributed by atoms with Crippen molar-refractivity contribution in [3.8, 4) is 0 Å². The Labute approximate surface area is 115 Å². The number of carbonyl (C=O) groups is 1. The van der Waals surface area contributed by atoms with Crippen LogP contribution < -0.4 is 0 Å². The Morgan fingerprint density at radius 2 is 2.47 bits per heavy atom. The normalized spacial score (nSPS) is 21.0. The standard InChI is InChI=1S/C13H17NO4S/c15-8-11-9-18-5-4-14(11)7-12-10(3-6-19-12)1-2-13(16)17/h1-3,6,11,15H,4-5,7-9H2,(H,16,17)/b2-1+. The number of carboxylic acid groups (broad SMARTS) is 1. The Balaban J connectivity index is 2.06. The predicted octanol–water partition coefficient (Wildman–Crippen LogP) is 1.04. The van der Waals surface area contributed by atoms with Crippen molar-refractivity contribution < 1.29 is 19.7 Å². The number of aliphatic carboxylic acids is 1. The highest BCUT2D eigenvalue weighted by atomic mass is 32.1. The van der Waals surface area contributed by atoms with Gasteiger partial charge in [-0.3, -0.25) is 4.90 Å². The summed E-state index contributed by atoms with van der Waals surface area (Å²) < 4.78 is 5.34. The molecule has 0 aliphatic carbocycles. The highest BCUT2D eigenvalue weighted by molar-refractivity contribution is 7.10. The molecule has 0 aromatic carbocycles. The lowest BCUT2D eigenvalue weighted by Gasteiger charge is -2.34. The molecule has 0 spiro atoms. The quantitative estimate of drug-likeness (QED) is 0.790. The third kappa shape index (κ3) is 3.87. The van der Waals surface area contributed by atoms with E-state index in [0.29, 0.717) is 19.8 Å². The van der Waals surface area contributed by atoms with E-state index in [2.05, 4.69) is 4.90 Å². The van der Waals surface area contributed by atoms with Crippen LogP contribution in [-0.2, 0) is 16.1 Å². The maximum absolute atomic E-state index is 10.6. The predicted molar refractivity (Wildman–Crippen MR) is 73.1 cm³/mol. The largest absolute Gasteiger partial charge is 0.478 e. The lowest BCUT2D eigenvalue weighted by Crippen LogP contribution is -2.46. The summed E-state index contributed by atoms with van der Waals surface area (Å²) in [7, 11) is 0. The van der Waals surface area contributed by atoms with E-state index in [4.69, 9.17) is 9.84 Å². The van der Waals surface area contributed by atoms with E-state index >= 15 is 0 Å². The van der Waals surface area contributed by atoms with Crippen molar-refractivity contribution in [2.24, 2.45) is 0 Å². The molecule has 0 radical (unpaired) electrons. The minimum atomic E-state index is -0.947. The van der Waals surface area contributed by atoms with Crippen molar-refractivity contribution >= 4 is 23.4 Å². The molecule has 0 bridgehead atoms. The molecule has 5 nitrogen and oxygen atoms in total. The molecule has 0 saturated carbocycles. The molecule has 1 aliphatic heterocycles. The van der Waals surface area contributed by atoms with Crippen LogP contribution in [-0.4, -0.2) is 53.5 Å². The van der Waals surface area contributed by atoms with E-state index in [1.807, 2.05) is 11.4 Å². The molecule has 1 atom stereocenters. The Hall–Kier alpha value is -1.21. The molecule has 2 rings (SSSR count). The van der Waals surface area contributed by atoms with Gasteiger partial charge in [0.15, 0.2) is 0 Å². The maximum atomic E-state index is 10.6. The number of ether oxygens (including phenoxy) is 1. The minimum Gasteiger partial charge on any atom is -0.478 e. The number of thiophene rings is 1. The monoisotopic (exact) mass is 283 g/mol. The fourth-order valence-corrected chi connectivity index (χ4v) is 2.93. The molecule has 1 saturated heterocycles. The van der Waals surface area contributed by atoms with Crippen LogP contribution >= 0.6 is 11.3 Å². The van der Waals surface area contributed by atoms with Gasteiger partial charge in [0.1, 0.15) is 0 Å². The van der Waals surface area contributed by atoms with Gasteiger partial charge in [-0.2, -0.15) is 0 Å². The number of carboxylic acids is 1. The van der Waals surface area contributed by atoms with Crippen LogP contribution in [0, 0.1) is 0 Å². The number of hydrogen-bond donors (Lipinski definition) is 2. The molecule has 2 heterocycles. The van der Waals surface area contributed by atoms with E-state index in [9.17, 15) is 9.90 Å². The number of hydrogen-bond acceptors (Lipinski definition) is 5. The average molecular weight is 283 g/mol. The molecule has 2 N–H and O–H groups in total. The van der Waals surface area contributed by atoms with E-state index < -0.39 is 5.97 Å². The zero-order valence-corrected chi connectivity index (χ0v) is 11.3. The summed E-state index contributed by atoms with van der Waals surface area (Å²) in [4.78, 5) is 13.8. The summed E-state index contributed by atoms with van der Waals surface area (Å²) >= 11 is 1.60. The van der Waals surface area contributed by atoms with Gasteiger partial charge < -0.3 is 14.9 Å². The summed E-state index contributed by atoms with van der Waals surface area (Å²) in [6.07, 6.45) is 2.76. The van der Waals surface area contributed by atoms with Gasteiger partial charge in [-0.15, -0.1) is 11.3 Å². The Morgan fingerprint density at radius 3 is 3.21 bits per heavy atom. The second-order valence-electron chi connectivity index (χ2n) is 4.35. The second kappa shape index (κ2) is 6.81. The van der Waals surface area contributed by atoms with Crippen molar-refractivity contribution in [3.05, 3.63) is 28.0 Å². The molecule has 1 aliphatic rings. The molecule has 104 valence electrons. The first-order valence-electron chi connectivity index (χ1n) is 6.10. The SMILES string of the molecule is O=C(O)/C=C/c1ccsc1CN1CCOCC1CO. The first-order chi connectivity index (χ1) is 9.20. The summed E-state index contributed by atoms with van der Waals surface area (Å²) in [5.41, 5.74) is 0.926. The summed E-state index contributed by atoms with van der Waals surface area (Å²) in [6.45, 7) is 2.78. The van der Waals surface area contributed by atoms with Crippen molar-refractivity contribution in [3.63, 3.8) is 0 Å². The third-order valence-electron chi connectivity index (χ3n) is 3.09. The fourth-order valence-electron chi connectivity index (χ4n) is 2.04. The molecule has 1 aromatic heterocycles. The Bertz CT molecular complexity index is 457. The van der Waals surface area contributed by atoms with Crippen LogP contribution in [0.15, 0.2) is 17.5 Å². The van der Waals surface area contributed by atoms with E-state index in [0.717, 1.165) is 23.1 Å². The lowest BCUT2D eigenvalue weighted by molar-refractivity contribution is -0.131. The number of aliphatic hydroxyl groups is 1. The van der Waals surface area contributed by atoms with Crippen LogP contribution in [0.1, 0.15) is 10.4 Å². The third-order valence-corrected chi connectivity index (χ3v) is 4.01. The van der Waals surface area contributed by atoms with E-state index in [1.165, 1.54) is 0 Å². The second-order valence-corrected chi connectivity index (χ2v) is 5.35. The number of aliphatic hydroxyl groups excluding tert-OH is 1. The van der Waals surface area contributed by atoms with Gasteiger partial charge in [0, 0.05) is 24.0 Å². The molecule has 1 aromatic rings. The van der Waals surface area contributed by atoms with E-state index in [-0.39, 0.29) is 12.6 Å². The fraction of sp³-hybridized carbons (Fsp3) is 0.462. The number of morpholine rings is 1. The van der Waals surface area contributed by atoms with Crippen molar-refractivity contribution in [2.45, 2.75) is 12.6 Å². The summed E-state index contributed by atoms with van der Waals surface area (Å²) in [6, 6.07) is 1.93. The topological polar surface area (TPSA) is 70.0 Å². The molecular weight excluding hydrogens is 266 g/mol. The van der Waals surface area contributed by atoms with Gasteiger partial charge in [-0.05, 0) is 23.1 Å². The summed E-state index contributed by atoms with van der Waals surface area (Å²) in [5.74, 6) is -0.947. The van der Waals surface area contributed by atoms with Crippen LogP contribution in [0.3, 0.4) is 0 Å². The molecule has 1 unspecified atom stereocenters. The maximum Gasteiger partial charge on any atom is 0.328 e. The van der Waals surface area contributed by atoms with Crippen LogP contribution in [0.25, 0.3) is 6.08 Å². The smallest absolute Gasteiger partial charge is 0.328 e. The lowest BCUT2D eigenvalue weighted by atomic mass is 10.2. The number of nitrogens with zero attached hydrogens (tertiary/aromatic N) is 1. The van der Waals surface area contributed by atoms with Gasteiger partial charge in [-0.25, -0.2) is 4.79 Å². The van der Waals surface area contributed by atoms with Crippen molar-refractivity contribution in [2.75, 3.05) is 26.4 Å². The van der Waals surface area contributed by atoms with Crippen molar-refractivity contribution in [1.29, 1.82) is 0 Å². The molecule has 19 heavy (non-hydrogen) atoms. The van der Waals surface area contributed by atoms with Crippen LogP contribution in [0.5, 0.6) is 0 Å². The Kier molecular flexibility index (Phi) is 5.09. The van der Waals surface area contributed by atoms with Crippen molar-refractivity contribution in [1.82, 2.24) is 4.90 Å². The first-order valence-corrected chi connectivity index (χ1v) is 6.98. The van der Waals surface area contributed by atoms with Gasteiger partial charge >= 0.3 is 5.97 Å². The number of rotatable bonds is 5. The Morgan fingerprint density at radius 1 is 1.63 bits per heavy atom. The highest BCUT2D eigenvalue weighted by Crippen LogP contribution is 2.22. The van der Waals surface area contributed by atoms with Crippen LogP contribution in [0.2, 0.25) is 0 Å². The van der Waals surface area contributed by atoms with Gasteiger partial charge in [-0.1, -0.05) is 0 Å². The van der Waals surface area contributed by atoms with Crippen LogP contribution in [0.4, 0.5) is 0 Å². The molecule has 6 heteroatoms. The van der Waals surface area contributed by atoms with Gasteiger partial charge in [0.05, 0.1) is 25.9 Å². The molecule has 0 amide bonds.